The van der Waals surface area contributed by atoms with Gasteiger partial charge in [0.1, 0.15) is 6.26 Å². The molecule has 1 aromatic heterocycles. The van der Waals surface area contributed by atoms with Crippen LogP contribution in [0.25, 0.3) is 0 Å². The molecule has 0 spiro atoms. The van der Waals surface area contributed by atoms with Crippen LogP contribution in [0.15, 0.2) is 71.5 Å². The van der Waals surface area contributed by atoms with Crippen molar-refractivity contribution in [2.24, 2.45) is 0 Å². The molecule has 0 unspecified atom stereocenters. The molecule has 6 heteroatoms. The summed E-state index contributed by atoms with van der Waals surface area (Å²) in [6.07, 6.45) is 2.75. The third-order valence-electron chi connectivity index (χ3n) is 3.42. The number of carbonyl (C=O) groups is 2. The summed E-state index contributed by atoms with van der Waals surface area (Å²) >= 11 is 0. The first-order valence-electron chi connectivity index (χ1n) is 7.41. The van der Waals surface area contributed by atoms with E-state index in [1.807, 2.05) is 6.07 Å². The summed E-state index contributed by atoms with van der Waals surface area (Å²) in [6, 6.07) is 16.8. The van der Waals surface area contributed by atoms with Crippen LogP contribution in [0.1, 0.15) is 26.3 Å². The van der Waals surface area contributed by atoms with E-state index in [0.29, 0.717) is 28.1 Å². The van der Waals surface area contributed by atoms with Crippen molar-refractivity contribution in [3.63, 3.8) is 0 Å². The van der Waals surface area contributed by atoms with Gasteiger partial charge in [0, 0.05) is 16.9 Å². The Morgan fingerprint density at radius 1 is 0.880 bits per heavy atom. The number of nitrogens with zero attached hydrogens (tertiary/aromatic N) is 1. The largest absolute Gasteiger partial charge is 0.472 e. The minimum absolute atomic E-state index is 0.326. The predicted octanol–water partition coefficient (Wildman–Crippen LogP) is 3.66. The van der Waals surface area contributed by atoms with E-state index >= 15 is 0 Å². The normalized spacial score (nSPS) is 9.88. The highest BCUT2D eigenvalue weighted by molar-refractivity contribution is 6.07. The molecule has 0 aliphatic carbocycles. The lowest BCUT2D eigenvalue weighted by Crippen LogP contribution is -2.14. The van der Waals surface area contributed by atoms with Crippen molar-refractivity contribution in [1.82, 2.24) is 0 Å². The molecule has 3 rings (SSSR count). The summed E-state index contributed by atoms with van der Waals surface area (Å²) in [6.45, 7) is 0. The average Bonchev–Trinajstić information content (AvgIpc) is 3.17. The summed E-state index contributed by atoms with van der Waals surface area (Å²) in [5.74, 6) is -0.664. The molecule has 2 N–H and O–H groups in total. The molecule has 25 heavy (non-hydrogen) atoms. The molecule has 3 aromatic rings. The number of nitrogens with one attached hydrogen (secondary N) is 2. The van der Waals surface area contributed by atoms with E-state index in [1.54, 1.807) is 54.6 Å². The summed E-state index contributed by atoms with van der Waals surface area (Å²) < 4.78 is 4.87. The molecule has 1 heterocycles. The van der Waals surface area contributed by atoms with E-state index in [4.69, 9.17) is 9.68 Å². The second-order valence-corrected chi connectivity index (χ2v) is 5.19. The van der Waals surface area contributed by atoms with Crippen molar-refractivity contribution >= 4 is 23.2 Å². The third-order valence-corrected chi connectivity index (χ3v) is 3.42. The van der Waals surface area contributed by atoms with Gasteiger partial charge in [0.05, 0.1) is 23.5 Å². The fraction of sp³-hybridized carbons (Fsp3) is 0. The van der Waals surface area contributed by atoms with Crippen molar-refractivity contribution in [2.75, 3.05) is 10.6 Å². The lowest BCUT2D eigenvalue weighted by atomic mass is 10.1. The Bertz CT molecular complexity index is 956. The van der Waals surface area contributed by atoms with Gasteiger partial charge in [-0.25, -0.2) is 0 Å². The molecule has 6 nitrogen and oxygen atoms in total. The Hall–Kier alpha value is -3.85. The van der Waals surface area contributed by atoms with Crippen molar-refractivity contribution < 1.29 is 14.0 Å². The van der Waals surface area contributed by atoms with Gasteiger partial charge < -0.3 is 15.1 Å². The van der Waals surface area contributed by atoms with Gasteiger partial charge in [0.15, 0.2) is 0 Å². The smallest absolute Gasteiger partial charge is 0.258 e. The zero-order valence-corrected chi connectivity index (χ0v) is 13.0. The molecule has 0 bridgehead atoms. The molecule has 0 saturated heterocycles. The minimum atomic E-state index is -0.338. The second kappa shape index (κ2) is 7.15. The number of amides is 2. The van der Waals surface area contributed by atoms with E-state index < -0.39 is 0 Å². The predicted molar refractivity (Wildman–Crippen MR) is 92.2 cm³/mol. The fourth-order valence-corrected chi connectivity index (χ4v) is 2.20. The van der Waals surface area contributed by atoms with Crippen LogP contribution in [0, 0.1) is 11.3 Å². The molecule has 0 radical (unpaired) electrons. The molecule has 2 amide bonds. The van der Waals surface area contributed by atoms with E-state index in [1.165, 1.54) is 12.5 Å². The maximum atomic E-state index is 12.4. The molecular weight excluding hydrogens is 318 g/mol. The van der Waals surface area contributed by atoms with E-state index in [2.05, 4.69) is 10.6 Å². The summed E-state index contributed by atoms with van der Waals surface area (Å²) in [4.78, 5) is 24.4. The van der Waals surface area contributed by atoms with Crippen LogP contribution >= 0.6 is 0 Å². The first-order chi connectivity index (χ1) is 12.2. The van der Waals surface area contributed by atoms with Crippen LogP contribution < -0.4 is 10.6 Å². The average molecular weight is 331 g/mol. The first-order valence-corrected chi connectivity index (χ1v) is 7.41. The molecule has 122 valence electrons. The monoisotopic (exact) mass is 331 g/mol. The summed E-state index contributed by atoms with van der Waals surface area (Å²) in [5, 5.41) is 14.3. The number of hydrogen-bond acceptors (Lipinski definition) is 4. The standard InChI is InChI=1S/C19H13N3O3/c20-11-13-3-1-5-16(9-13)21-18(23)14-4-2-6-17(10-14)22-19(24)15-7-8-25-12-15/h1-10,12H,(H,21,23)(H,22,24). The van der Waals surface area contributed by atoms with Gasteiger partial charge in [0.25, 0.3) is 11.8 Å². The van der Waals surface area contributed by atoms with Crippen LogP contribution in [0.4, 0.5) is 11.4 Å². The highest BCUT2D eigenvalue weighted by atomic mass is 16.3. The Morgan fingerprint density at radius 2 is 1.56 bits per heavy atom. The van der Waals surface area contributed by atoms with Gasteiger partial charge in [-0.3, -0.25) is 9.59 Å². The van der Waals surface area contributed by atoms with Crippen LogP contribution in [0.2, 0.25) is 0 Å². The quantitative estimate of drug-likeness (QED) is 0.762. The minimum Gasteiger partial charge on any atom is -0.472 e. The van der Waals surface area contributed by atoms with Gasteiger partial charge in [0.2, 0.25) is 0 Å². The number of anilines is 2. The maximum Gasteiger partial charge on any atom is 0.258 e. The van der Waals surface area contributed by atoms with Crippen molar-refractivity contribution in [1.29, 1.82) is 5.26 Å². The number of rotatable bonds is 4. The van der Waals surface area contributed by atoms with Crippen LogP contribution in [-0.4, -0.2) is 11.8 Å². The van der Waals surface area contributed by atoms with Crippen LogP contribution in [0.3, 0.4) is 0 Å². The number of hydrogen-bond donors (Lipinski definition) is 2. The van der Waals surface area contributed by atoms with Gasteiger partial charge >= 0.3 is 0 Å². The topological polar surface area (TPSA) is 95.1 Å². The summed E-state index contributed by atoms with van der Waals surface area (Å²) in [5.41, 5.74) is 2.25. The molecule has 0 fully saturated rings. The molecule has 0 atom stereocenters. The lowest BCUT2D eigenvalue weighted by molar-refractivity contribution is 0.101. The molecule has 0 aliphatic rings. The maximum absolute atomic E-state index is 12.4. The van der Waals surface area contributed by atoms with E-state index in [9.17, 15) is 9.59 Å². The van der Waals surface area contributed by atoms with E-state index in [0.717, 1.165) is 0 Å². The lowest BCUT2D eigenvalue weighted by Gasteiger charge is -2.08. The summed E-state index contributed by atoms with van der Waals surface area (Å²) in [7, 11) is 0. The van der Waals surface area contributed by atoms with Gasteiger partial charge in [-0.2, -0.15) is 5.26 Å². The number of furan rings is 1. The number of nitriles is 1. The van der Waals surface area contributed by atoms with Crippen LogP contribution in [0.5, 0.6) is 0 Å². The molecule has 2 aromatic carbocycles. The molecule has 0 saturated carbocycles. The highest BCUT2D eigenvalue weighted by Gasteiger charge is 2.10. The Morgan fingerprint density at radius 3 is 2.24 bits per heavy atom. The molecular formula is C19H13N3O3. The Labute approximate surface area is 143 Å². The van der Waals surface area contributed by atoms with Gasteiger partial charge in [-0.1, -0.05) is 12.1 Å². The Kier molecular flexibility index (Phi) is 4.58. The van der Waals surface area contributed by atoms with Crippen LogP contribution in [-0.2, 0) is 0 Å². The zero-order chi connectivity index (χ0) is 17.6. The molecule has 0 aliphatic heterocycles. The zero-order valence-electron chi connectivity index (χ0n) is 13.0. The van der Waals surface area contributed by atoms with Crippen molar-refractivity contribution in [3.05, 3.63) is 83.8 Å². The highest BCUT2D eigenvalue weighted by Crippen LogP contribution is 2.15. The number of carbonyl (C=O) groups excluding carboxylic acids is 2. The fourth-order valence-electron chi connectivity index (χ4n) is 2.20. The van der Waals surface area contributed by atoms with Gasteiger partial charge in [-0.15, -0.1) is 0 Å². The van der Waals surface area contributed by atoms with E-state index in [-0.39, 0.29) is 11.8 Å². The third kappa shape index (κ3) is 3.92. The first kappa shape index (κ1) is 16.0. The SMILES string of the molecule is N#Cc1cccc(NC(=O)c2cccc(NC(=O)c3ccoc3)c2)c1. The van der Waals surface area contributed by atoms with Crippen molar-refractivity contribution in [3.8, 4) is 6.07 Å². The van der Waals surface area contributed by atoms with Crippen molar-refractivity contribution in [2.45, 2.75) is 0 Å². The second-order valence-electron chi connectivity index (χ2n) is 5.19. The van der Waals surface area contributed by atoms with Gasteiger partial charge in [-0.05, 0) is 42.5 Å². The number of benzene rings is 2. The Balaban J connectivity index is 1.73.